The lowest BCUT2D eigenvalue weighted by molar-refractivity contribution is 1.52. The van der Waals surface area contributed by atoms with Crippen LogP contribution in [0.5, 0.6) is 0 Å². The maximum Gasteiger partial charge on any atom is 0.156 e. The van der Waals surface area contributed by atoms with Gasteiger partial charge in [-0.1, -0.05) is 23.9 Å². The van der Waals surface area contributed by atoms with Crippen LogP contribution < -0.4 is 16.5 Å². The number of rotatable bonds is 2. The number of nitrogens with one attached hydrogen (secondary N) is 1. The van der Waals surface area contributed by atoms with Crippen LogP contribution in [0, 0.1) is 0 Å². The summed E-state index contributed by atoms with van der Waals surface area (Å²) in [4.78, 5) is 0. The molecule has 0 aliphatic rings. The molecule has 0 aliphatic carbocycles. The van der Waals surface area contributed by atoms with Crippen LogP contribution in [-0.4, -0.2) is 14.3 Å². The highest BCUT2D eigenvalue weighted by Crippen LogP contribution is 2.20. The van der Waals surface area contributed by atoms with E-state index in [2.05, 4.69) is 12.1 Å². The summed E-state index contributed by atoms with van der Waals surface area (Å²) in [7, 11) is 2.77. The summed E-state index contributed by atoms with van der Waals surface area (Å²) in [6, 6.07) is 3.77. The monoisotopic (exact) mass is 182 g/mol. The van der Waals surface area contributed by atoms with E-state index >= 15 is 0 Å². The van der Waals surface area contributed by atoms with Crippen LogP contribution in [0.1, 0.15) is 0 Å². The van der Waals surface area contributed by atoms with Crippen molar-refractivity contribution < 1.29 is 0 Å². The van der Waals surface area contributed by atoms with Crippen molar-refractivity contribution in [1.82, 2.24) is 0 Å². The summed E-state index contributed by atoms with van der Waals surface area (Å²) in [5, 5.41) is 3.76. The standard InChI is InChI=1S/C8H12BClN2/c1-9-5-3-8(12-2)7(11)4-6(5)10/h3-4,9,12H,11H2,1-2H3. The minimum absolute atomic E-state index is 0.694. The Morgan fingerprint density at radius 2 is 2.17 bits per heavy atom. The first kappa shape index (κ1) is 9.26. The molecule has 4 heteroatoms. The Kier molecular flexibility index (Phi) is 2.87. The van der Waals surface area contributed by atoms with Crippen LogP contribution >= 0.6 is 11.6 Å². The first-order valence-corrected chi connectivity index (χ1v) is 4.32. The number of hydrogen-bond donors (Lipinski definition) is 2. The third-order valence-electron chi connectivity index (χ3n) is 1.87. The Morgan fingerprint density at radius 1 is 1.50 bits per heavy atom. The number of benzene rings is 1. The molecule has 0 saturated carbocycles. The van der Waals surface area contributed by atoms with Gasteiger partial charge in [0.2, 0.25) is 0 Å². The Balaban J connectivity index is 3.18. The van der Waals surface area contributed by atoms with Gasteiger partial charge in [-0.15, -0.1) is 0 Å². The maximum absolute atomic E-state index is 5.95. The van der Waals surface area contributed by atoms with Gasteiger partial charge in [0.1, 0.15) is 0 Å². The molecule has 12 heavy (non-hydrogen) atoms. The zero-order valence-electron chi connectivity index (χ0n) is 7.32. The second-order valence-corrected chi connectivity index (χ2v) is 3.04. The molecule has 0 amide bonds. The van der Waals surface area contributed by atoms with Crippen molar-refractivity contribution in [3.05, 3.63) is 17.2 Å². The number of nitrogen functional groups attached to an aromatic ring is 1. The Hall–Kier alpha value is -0.825. The van der Waals surface area contributed by atoms with Crippen molar-refractivity contribution in [3.63, 3.8) is 0 Å². The quantitative estimate of drug-likeness (QED) is 0.530. The molecule has 1 rings (SSSR count). The van der Waals surface area contributed by atoms with E-state index in [1.165, 1.54) is 0 Å². The van der Waals surface area contributed by atoms with E-state index in [4.69, 9.17) is 17.3 Å². The fourth-order valence-corrected chi connectivity index (χ4v) is 1.43. The Morgan fingerprint density at radius 3 is 2.67 bits per heavy atom. The minimum Gasteiger partial charge on any atom is -0.397 e. The minimum atomic E-state index is 0.694. The van der Waals surface area contributed by atoms with Crippen LogP contribution in [0.3, 0.4) is 0 Å². The molecular weight excluding hydrogens is 170 g/mol. The van der Waals surface area contributed by atoms with Crippen LogP contribution in [0.4, 0.5) is 11.4 Å². The van der Waals surface area contributed by atoms with Gasteiger partial charge < -0.3 is 11.1 Å². The molecule has 0 bridgehead atoms. The van der Waals surface area contributed by atoms with Gasteiger partial charge in [0.05, 0.1) is 11.4 Å². The smallest absolute Gasteiger partial charge is 0.156 e. The molecule has 0 fully saturated rings. The van der Waals surface area contributed by atoms with Gasteiger partial charge in [0, 0.05) is 12.1 Å². The molecule has 0 unspecified atom stereocenters. The van der Waals surface area contributed by atoms with E-state index in [-0.39, 0.29) is 0 Å². The van der Waals surface area contributed by atoms with Crippen molar-refractivity contribution in [2.75, 3.05) is 18.1 Å². The molecule has 0 aliphatic heterocycles. The molecule has 3 N–H and O–H groups in total. The van der Waals surface area contributed by atoms with Crippen molar-refractivity contribution in [3.8, 4) is 0 Å². The molecule has 64 valence electrons. The highest BCUT2D eigenvalue weighted by Gasteiger charge is 2.03. The second-order valence-electron chi connectivity index (χ2n) is 2.63. The summed E-state index contributed by atoms with van der Waals surface area (Å²) in [6.07, 6.45) is 0. The summed E-state index contributed by atoms with van der Waals surface area (Å²) in [6.45, 7) is 2.07. The van der Waals surface area contributed by atoms with E-state index in [0.717, 1.165) is 23.5 Å². The fraction of sp³-hybridized carbons (Fsp3) is 0.250. The largest absolute Gasteiger partial charge is 0.397 e. The predicted molar refractivity (Wildman–Crippen MR) is 58.1 cm³/mol. The van der Waals surface area contributed by atoms with Crippen molar-refractivity contribution >= 4 is 35.7 Å². The number of hydrogen-bond acceptors (Lipinski definition) is 2. The average molecular weight is 182 g/mol. The van der Waals surface area contributed by atoms with E-state index in [1.807, 2.05) is 13.1 Å². The lowest BCUT2D eigenvalue weighted by Crippen LogP contribution is -2.14. The van der Waals surface area contributed by atoms with Gasteiger partial charge in [-0.2, -0.15) is 0 Å². The van der Waals surface area contributed by atoms with Crippen molar-refractivity contribution in [1.29, 1.82) is 0 Å². The lowest BCUT2D eigenvalue weighted by atomic mass is 9.73. The molecule has 0 atom stereocenters. The van der Waals surface area contributed by atoms with Crippen molar-refractivity contribution in [2.24, 2.45) is 0 Å². The molecule has 2 nitrogen and oxygen atoms in total. The molecule has 0 radical (unpaired) electrons. The first-order chi connectivity index (χ1) is 5.69. The summed E-state index contributed by atoms with van der Waals surface area (Å²) >= 11 is 5.95. The van der Waals surface area contributed by atoms with Gasteiger partial charge in [0.25, 0.3) is 0 Å². The van der Waals surface area contributed by atoms with Crippen LogP contribution in [-0.2, 0) is 0 Å². The molecule has 0 spiro atoms. The fourth-order valence-electron chi connectivity index (χ4n) is 1.12. The molecule has 1 aromatic carbocycles. The van der Waals surface area contributed by atoms with Crippen LogP contribution in [0.25, 0.3) is 0 Å². The van der Waals surface area contributed by atoms with E-state index in [9.17, 15) is 0 Å². The maximum atomic E-state index is 5.95. The molecule has 0 heterocycles. The van der Waals surface area contributed by atoms with Crippen molar-refractivity contribution in [2.45, 2.75) is 6.82 Å². The van der Waals surface area contributed by atoms with E-state index in [0.29, 0.717) is 5.69 Å². The first-order valence-electron chi connectivity index (χ1n) is 3.94. The zero-order chi connectivity index (χ0) is 9.14. The van der Waals surface area contributed by atoms with Crippen LogP contribution in [0.2, 0.25) is 11.8 Å². The van der Waals surface area contributed by atoms with Crippen LogP contribution in [0.15, 0.2) is 12.1 Å². The average Bonchev–Trinajstić information content (AvgIpc) is 2.05. The molecular formula is C8H12BClN2. The Bertz CT molecular complexity index is 263. The predicted octanol–water partition coefficient (Wildman–Crippen LogP) is 1.07. The lowest BCUT2D eigenvalue weighted by Gasteiger charge is -2.08. The molecule has 0 aromatic heterocycles. The van der Waals surface area contributed by atoms with Gasteiger partial charge in [-0.3, -0.25) is 0 Å². The zero-order valence-corrected chi connectivity index (χ0v) is 8.07. The third kappa shape index (κ3) is 1.67. The second kappa shape index (κ2) is 3.72. The number of halogens is 1. The number of anilines is 2. The van der Waals surface area contributed by atoms with Gasteiger partial charge in [-0.25, -0.2) is 0 Å². The molecule has 0 saturated heterocycles. The topological polar surface area (TPSA) is 38.0 Å². The summed E-state index contributed by atoms with van der Waals surface area (Å²) in [5.41, 5.74) is 8.46. The summed E-state index contributed by atoms with van der Waals surface area (Å²) < 4.78 is 0. The van der Waals surface area contributed by atoms with E-state index < -0.39 is 0 Å². The Labute approximate surface area is 78.3 Å². The highest BCUT2D eigenvalue weighted by molar-refractivity contribution is 6.57. The van der Waals surface area contributed by atoms with Gasteiger partial charge >= 0.3 is 0 Å². The normalized spacial score (nSPS) is 9.58. The SMILES string of the molecule is CBc1cc(NC)c(N)cc1Cl. The summed E-state index contributed by atoms with van der Waals surface area (Å²) in [5.74, 6) is 0. The van der Waals surface area contributed by atoms with Gasteiger partial charge in [0.15, 0.2) is 7.28 Å². The van der Waals surface area contributed by atoms with E-state index in [1.54, 1.807) is 6.07 Å². The highest BCUT2D eigenvalue weighted by atomic mass is 35.5. The number of nitrogens with two attached hydrogens (primary N) is 1. The molecule has 1 aromatic rings. The van der Waals surface area contributed by atoms with Gasteiger partial charge in [-0.05, 0) is 12.1 Å². The third-order valence-corrected chi connectivity index (χ3v) is 2.22.